The highest BCUT2D eigenvalue weighted by Gasteiger charge is 2.55. The van der Waals surface area contributed by atoms with Crippen molar-refractivity contribution < 1.29 is 36.7 Å². The minimum absolute atomic E-state index is 0.0580. The zero-order valence-corrected chi connectivity index (χ0v) is 24.1. The van der Waals surface area contributed by atoms with Crippen LogP contribution in [0.15, 0.2) is 53.2 Å². The standard InChI is InChI=1S/C33H33F4N3O4/c1-43-26-12-7-17(29-21-3-2-4-27(21)44-40-29)14-23(26)31(41)39-30-20-10-9-19(22(20)13-16-5-6-16)28(30)32(42)38-18-8-11-25(34)24(15-18)33(35,36)37/h7-8,11-16,19-21,27-28,30H,2-6,9-10H2,1H3,(H,38,42)(H,39,41)/b22-13-/t19?,20?,21?,27?,28-,30?/m0/s1. The molecule has 2 aromatic carbocycles. The van der Waals surface area contributed by atoms with Gasteiger partial charge in [0.25, 0.3) is 5.91 Å². The number of fused-ring (bicyclic) bond motifs is 3. The highest BCUT2D eigenvalue weighted by molar-refractivity contribution is 6.06. The number of rotatable bonds is 7. The lowest BCUT2D eigenvalue weighted by molar-refractivity contribution is -0.140. The Morgan fingerprint density at radius 1 is 1.00 bits per heavy atom. The molecule has 0 aromatic heterocycles. The molecule has 4 fully saturated rings. The average Bonchev–Trinajstić information content (AvgIpc) is 3.27. The van der Waals surface area contributed by atoms with Gasteiger partial charge in [-0.1, -0.05) is 16.8 Å². The number of carbonyl (C=O) groups excluding carboxylic acids is 2. The summed E-state index contributed by atoms with van der Waals surface area (Å²) >= 11 is 0. The van der Waals surface area contributed by atoms with Crippen molar-refractivity contribution in [3.8, 4) is 5.75 Å². The highest BCUT2D eigenvalue weighted by atomic mass is 19.4. The van der Waals surface area contributed by atoms with E-state index in [2.05, 4.69) is 21.9 Å². The fourth-order valence-electron chi connectivity index (χ4n) is 7.70. The van der Waals surface area contributed by atoms with Gasteiger partial charge in [-0.2, -0.15) is 13.2 Å². The summed E-state index contributed by atoms with van der Waals surface area (Å²) in [6.45, 7) is 0. The zero-order chi connectivity index (χ0) is 30.7. The Bertz CT molecular complexity index is 1570. The van der Waals surface area contributed by atoms with Gasteiger partial charge in [-0.3, -0.25) is 9.59 Å². The number of amides is 2. The van der Waals surface area contributed by atoms with Crippen LogP contribution in [0.25, 0.3) is 0 Å². The molecule has 2 bridgehead atoms. The number of nitrogens with one attached hydrogen (secondary N) is 2. The number of hydrogen-bond acceptors (Lipinski definition) is 5. The number of benzene rings is 2. The normalized spacial score (nSPS) is 29.8. The zero-order valence-electron chi connectivity index (χ0n) is 24.1. The molecule has 232 valence electrons. The molecule has 44 heavy (non-hydrogen) atoms. The van der Waals surface area contributed by atoms with Crippen LogP contribution in [0.3, 0.4) is 0 Å². The molecule has 6 atom stereocenters. The smallest absolute Gasteiger partial charge is 0.419 e. The van der Waals surface area contributed by atoms with Gasteiger partial charge in [0.1, 0.15) is 17.7 Å². The van der Waals surface area contributed by atoms with Gasteiger partial charge in [-0.25, -0.2) is 4.39 Å². The molecule has 2 aromatic rings. The number of oxime groups is 1. The van der Waals surface area contributed by atoms with Gasteiger partial charge >= 0.3 is 6.18 Å². The third-order valence-electron chi connectivity index (χ3n) is 9.92. The summed E-state index contributed by atoms with van der Waals surface area (Å²) in [7, 11) is 1.48. The van der Waals surface area contributed by atoms with E-state index in [0.29, 0.717) is 29.4 Å². The van der Waals surface area contributed by atoms with E-state index in [9.17, 15) is 27.2 Å². The Morgan fingerprint density at radius 2 is 1.80 bits per heavy atom. The monoisotopic (exact) mass is 611 g/mol. The Labute approximate surface area is 252 Å². The first-order chi connectivity index (χ1) is 21.1. The van der Waals surface area contributed by atoms with E-state index in [-0.39, 0.29) is 29.5 Å². The number of carbonyl (C=O) groups is 2. The summed E-state index contributed by atoms with van der Waals surface area (Å²) < 4.78 is 59.5. The van der Waals surface area contributed by atoms with Gasteiger partial charge in [0, 0.05) is 29.1 Å². The molecule has 4 aliphatic carbocycles. The number of allylic oxidation sites excluding steroid dienone is 1. The number of anilines is 1. The molecular formula is C33H33F4N3O4. The lowest BCUT2D eigenvalue weighted by Crippen LogP contribution is -2.48. The molecule has 5 unspecified atom stereocenters. The first-order valence-corrected chi connectivity index (χ1v) is 15.2. The second kappa shape index (κ2) is 10.9. The van der Waals surface area contributed by atoms with Gasteiger partial charge in [-0.15, -0.1) is 0 Å². The molecule has 7 nitrogen and oxygen atoms in total. The SMILES string of the molecule is COc1ccc(C2=NOC3CCCC23)cc1C(=O)NC1C2CCC(/C2=C/C2CC2)[C@@H]1C(=O)Nc1ccc(F)c(C(F)(F)F)c1. The minimum Gasteiger partial charge on any atom is -0.496 e. The van der Waals surface area contributed by atoms with Crippen molar-refractivity contribution >= 4 is 23.2 Å². The molecule has 5 aliphatic rings. The van der Waals surface area contributed by atoms with E-state index in [4.69, 9.17) is 9.57 Å². The number of halogens is 4. The maximum atomic E-state index is 13.9. The van der Waals surface area contributed by atoms with Crippen molar-refractivity contribution in [1.82, 2.24) is 5.32 Å². The third-order valence-corrected chi connectivity index (χ3v) is 9.92. The molecule has 0 saturated heterocycles. The van der Waals surface area contributed by atoms with Crippen LogP contribution < -0.4 is 15.4 Å². The molecule has 4 saturated carbocycles. The van der Waals surface area contributed by atoms with Crippen LogP contribution in [0.2, 0.25) is 0 Å². The van der Waals surface area contributed by atoms with E-state index < -0.39 is 41.3 Å². The third kappa shape index (κ3) is 5.13. The van der Waals surface area contributed by atoms with Crippen molar-refractivity contribution in [3.63, 3.8) is 0 Å². The van der Waals surface area contributed by atoms with Gasteiger partial charge in [0.05, 0.1) is 29.9 Å². The predicted molar refractivity (Wildman–Crippen MR) is 154 cm³/mol. The molecule has 2 amide bonds. The Morgan fingerprint density at radius 3 is 2.55 bits per heavy atom. The fourth-order valence-corrected chi connectivity index (χ4v) is 7.70. The van der Waals surface area contributed by atoms with E-state index in [1.165, 1.54) is 7.11 Å². The number of ether oxygens (including phenoxy) is 1. The van der Waals surface area contributed by atoms with Crippen molar-refractivity contribution in [2.75, 3.05) is 12.4 Å². The summed E-state index contributed by atoms with van der Waals surface area (Å²) in [6, 6.07) is 7.18. The van der Waals surface area contributed by atoms with Crippen molar-refractivity contribution in [2.24, 2.45) is 34.7 Å². The van der Waals surface area contributed by atoms with Gasteiger partial charge in [0.15, 0.2) is 0 Å². The maximum Gasteiger partial charge on any atom is 0.419 e. The molecule has 0 radical (unpaired) electrons. The second-order valence-corrected chi connectivity index (χ2v) is 12.6. The Balaban J connectivity index is 1.17. The molecule has 1 heterocycles. The minimum atomic E-state index is -4.91. The van der Waals surface area contributed by atoms with E-state index in [0.717, 1.165) is 67.9 Å². The summed E-state index contributed by atoms with van der Waals surface area (Å²) in [5.74, 6) is -2.25. The number of hydrogen-bond donors (Lipinski definition) is 2. The van der Waals surface area contributed by atoms with Crippen LogP contribution in [0.1, 0.15) is 66.4 Å². The molecule has 0 spiro atoms. The number of nitrogens with zero attached hydrogens (tertiary/aromatic N) is 1. The lowest BCUT2D eigenvalue weighted by Gasteiger charge is -2.30. The van der Waals surface area contributed by atoms with Crippen LogP contribution in [0.5, 0.6) is 5.75 Å². The molecule has 1 aliphatic heterocycles. The Hall–Kier alpha value is -3.89. The van der Waals surface area contributed by atoms with E-state index in [1.54, 1.807) is 12.1 Å². The largest absolute Gasteiger partial charge is 0.496 e. The second-order valence-electron chi connectivity index (χ2n) is 12.6. The quantitative estimate of drug-likeness (QED) is 0.277. The van der Waals surface area contributed by atoms with Crippen molar-refractivity contribution in [3.05, 3.63) is 70.6 Å². The summed E-state index contributed by atoms with van der Waals surface area (Å²) in [5, 5.41) is 10.0. The average molecular weight is 612 g/mol. The topological polar surface area (TPSA) is 89.0 Å². The van der Waals surface area contributed by atoms with Gasteiger partial charge < -0.3 is 20.2 Å². The lowest BCUT2D eigenvalue weighted by atomic mass is 9.83. The van der Waals surface area contributed by atoms with E-state index >= 15 is 0 Å². The molecule has 11 heteroatoms. The molecule has 7 rings (SSSR count). The van der Waals surface area contributed by atoms with Crippen molar-refractivity contribution in [1.29, 1.82) is 0 Å². The fraction of sp³-hybridized carbons (Fsp3) is 0.485. The Kier molecular flexibility index (Phi) is 7.16. The van der Waals surface area contributed by atoms with Crippen LogP contribution in [-0.2, 0) is 15.8 Å². The van der Waals surface area contributed by atoms with Gasteiger partial charge in [0.2, 0.25) is 5.91 Å². The predicted octanol–water partition coefficient (Wildman–Crippen LogP) is 6.49. The summed E-state index contributed by atoms with van der Waals surface area (Å²) in [6.07, 6.45) is 4.03. The summed E-state index contributed by atoms with van der Waals surface area (Å²) in [5.41, 5.74) is 1.43. The van der Waals surface area contributed by atoms with Crippen molar-refractivity contribution in [2.45, 2.75) is 63.3 Å². The van der Waals surface area contributed by atoms with Crippen LogP contribution >= 0.6 is 0 Å². The maximum absolute atomic E-state index is 13.9. The van der Waals surface area contributed by atoms with Gasteiger partial charge in [-0.05, 0) is 93.2 Å². The number of alkyl halides is 3. The van der Waals surface area contributed by atoms with Crippen LogP contribution in [-0.4, -0.2) is 36.8 Å². The number of methoxy groups -OCH3 is 1. The first-order valence-electron chi connectivity index (χ1n) is 15.2. The summed E-state index contributed by atoms with van der Waals surface area (Å²) in [4.78, 5) is 33.3. The van der Waals surface area contributed by atoms with Crippen LogP contribution in [0, 0.1) is 35.4 Å². The molecular weight excluding hydrogens is 578 g/mol. The highest BCUT2D eigenvalue weighted by Crippen LogP contribution is 2.54. The first kappa shape index (κ1) is 28.9. The van der Waals surface area contributed by atoms with E-state index in [1.807, 2.05) is 6.07 Å². The van der Waals surface area contributed by atoms with Crippen LogP contribution in [0.4, 0.5) is 23.2 Å². The molecule has 2 N–H and O–H groups in total.